The Morgan fingerprint density at radius 3 is 2.23 bits per heavy atom. The highest BCUT2D eigenvalue weighted by Crippen LogP contribution is 2.37. The molecular weight excluding hydrogens is 466 g/mol. The van der Waals surface area contributed by atoms with Crippen molar-refractivity contribution < 1.29 is 14.2 Å². The highest BCUT2D eigenvalue weighted by molar-refractivity contribution is 9.10. The Balaban J connectivity index is 0.00000320. The molecule has 0 spiro atoms. The fourth-order valence-corrected chi connectivity index (χ4v) is 3.65. The van der Waals surface area contributed by atoms with E-state index >= 15 is 0 Å². The number of rotatable bonds is 9. The van der Waals surface area contributed by atoms with Crippen molar-refractivity contribution in [1.82, 2.24) is 5.32 Å². The summed E-state index contributed by atoms with van der Waals surface area (Å²) in [5, 5.41) is 3.46. The molecule has 0 amide bonds. The molecule has 0 unspecified atom stereocenters. The average molecular weight is 493 g/mol. The summed E-state index contributed by atoms with van der Waals surface area (Å²) in [6.45, 7) is 3.98. The van der Waals surface area contributed by atoms with Gasteiger partial charge in [-0.1, -0.05) is 48.0 Å². The molecule has 0 heterocycles. The lowest BCUT2D eigenvalue weighted by Gasteiger charge is -2.15. The molecular formula is C24H27BrClNO3. The lowest BCUT2D eigenvalue weighted by Crippen LogP contribution is -2.13. The molecule has 0 aliphatic carbocycles. The number of para-hydroxylation sites is 1. The van der Waals surface area contributed by atoms with Crippen LogP contribution in [0.25, 0.3) is 0 Å². The number of halogens is 2. The van der Waals surface area contributed by atoms with Crippen molar-refractivity contribution in [3.05, 3.63) is 87.4 Å². The van der Waals surface area contributed by atoms with Crippen molar-refractivity contribution in [2.45, 2.75) is 26.6 Å². The van der Waals surface area contributed by atoms with Crippen LogP contribution < -0.4 is 19.5 Å². The van der Waals surface area contributed by atoms with Crippen LogP contribution in [0.5, 0.6) is 17.2 Å². The average Bonchev–Trinajstić information content (AvgIpc) is 2.74. The Labute approximate surface area is 193 Å². The summed E-state index contributed by atoms with van der Waals surface area (Å²) in [6.07, 6.45) is 0. The normalized spacial score (nSPS) is 10.3. The summed E-state index contributed by atoms with van der Waals surface area (Å²) in [5.41, 5.74) is 4.58. The second kappa shape index (κ2) is 11.8. The first-order valence-corrected chi connectivity index (χ1v) is 10.3. The first-order valence-electron chi connectivity index (χ1n) is 9.48. The van der Waals surface area contributed by atoms with Crippen molar-refractivity contribution in [3.8, 4) is 17.2 Å². The van der Waals surface area contributed by atoms with Gasteiger partial charge in [0, 0.05) is 18.7 Å². The van der Waals surface area contributed by atoms with Crippen molar-refractivity contribution in [1.29, 1.82) is 0 Å². The van der Waals surface area contributed by atoms with E-state index in [9.17, 15) is 0 Å². The molecule has 0 saturated carbocycles. The van der Waals surface area contributed by atoms with Gasteiger partial charge in [-0.25, -0.2) is 0 Å². The number of nitrogens with one attached hydrogen (secondary N) is 1. The molecule has 6 heteroatoms. The predicted molar refractivity (Wildman–Crippen MR) is 127 cm³/mol. The fourth-order valence-electron chi connectivity index (χ4n) is 3.05. The molecule has 3 aromatic rings. The summed E-state index contributed by atoms with van der Waals surface area (Å²) in [5.74, 6) is 2.31. The monoisotopic (exact) mass is 491 g/mol. The fraction of sp³-hybridized carbons (Fsp3) is 0.250. The highest BCUT2D eigenvalue weighted by Gasteiger charge is 2.12. The van der Waals surface area contributed by atoms with Crippen LogP contribution in [-0.4, -0.2) is 14.2 Å². The molecule has 0 radical (unpaired) electrons. The predicted octanol–water partition coefficient (Wildman–Crippen LogP) is 6.07. The topological polar surface area (TPSA) is 39.7 Å². The number of hydrogen-bond donors (Lipinski definition) is 1. The molecule has 0 aromatic heterocycles. The number of benzene rings is 3. The first-order chi connectivity index (χ1) is 14.1. The summed E-state index contributed by atoms with van der Waals surface area (Å²) in [7, 11) is 3.35. The van der Waals surface area contributed by atoms with Gasteiger partial charge in [0.15, 0.2) is 11.5 Å². The smallest absolute Gasteiger partial charge is 0.175 e. The van der Waals surface area contributed by atoms with Gasteiger partial charge in [-0.05, 0) is 52.2 Å². The van der Waals surface area contributed by atoms with Crippen LogP contribution in [0.4, 0.5) is 0 Å². The minimum Gasteiger partial charge on any atom is -0.496 e. The van der Waals surface area contributed by atoms with Gasteiger partial charge in [0.25, 0.3) is 0 Å². The van der Waals surface area contributed by atoms with Crippen LogP contribution in [-0.2, 0) is 19.7 Å². The third kappa shape index (κ3) is 6.39. The van der Waals surface area contributed by atoms with Gasteiger partial charge in [-0.15, -0.1) is 12.4 Å². The van der Waals surface area contributed by atoms with E-state index in [2.05, 4.69) is 64.6 Å². The van der Waals surface area contributed by atoms with Gasteiger partial charge in [0.05, 0.1) is 18.7 Å². The number of hydrogen-bond acceptors (Lipinski definition) is 4. The molecule has 0 aliphatic heterocycles. The van der Waals surface area contributed by atoms with Gasteiger partial charge in [0.2, 0.25) is 0 Å². The molecule has 0 atom stereocenters. The van der Waals surface area contributed by atoms with Gasteiger partial charge in [-0.2, -0.15) is 0 Å². The standard InChI is InChI=1S/C24H26BrNO3.ClH/c1-17-8-10-18(11-9-17)16-29-24-21(25)12-19(13-23(24)28-3)14-26-15-20-6-4-5-7-22(20)27-2;/h4-13,26H,14-16H2,1-3H3;1H. The first kappa shape index (κ1) is 24.1. The van der Waals surface area contributed by atoms with Gasteiger partial charge in [0.1, 0.15) is 12.4 Å². The Morgan fingerprint density at radius 2 is 1.53 bits per heavy atom. The minimum atomic E-state index is 0. The van der Waals surface area contributed by atoms with Gasteiger partial charge >= 0.3 is 0 Å². The van der Waals surface area contributed by atoms with E-state index in [1.807, 2.05) is 24.3 Å². The van der Waals surface area contributed by atoms with Crippen molar-refractivity contribution in [2.24, 2.45) is 0 Å². The molecule has 0 saturated heterocycles. The third-order valence-corrected chi connectivity index (χ3v) is 5.22. The lowest BCUT2D eigenvalue weighted by atomic mass is 10.1. The Morgan fingerprint density at radius 1 is 0.833 bits per heavy atom. The zero-order valence-corrected chi connectivity index (χ0v) is 19.8. The van der Waals surface area contributed by atoms with E-state index in [4.69, 9.17) is 14.2 Å². The van der Waals surface area contributed by atoms with Gasteiger partial charge in [-0.3, -0.25) is 0 Å². The van der Waals surface area contributed by atoms with E-state index < -0.39 is 0 Å². The summed E-state index contributed by atoms with van der Waals surface area (Å²) in [6, 6.07) is 20.4. The SMILES string of the molecule is COc1ccccc1CNCc1cc(Br)c(OCc2ccc(C)cc2)c(OC)c1.Cl. The lowest BCUT2D eigenvalue weighted by molar-refractivity contribution is 0.282. The van der Waals surface area contributed by atoms with Crippen LogP contribution in [0.2, 0.25) is 0 Å². The number of methoxy groups -OCH3 is 2. The zero-order chi connectivity index (χ0) is 20.6. The van der Waals surface area contributed by atoms with Crippen molar-refractivity contribution >= 4 is 28.3 Å². The maximum Gasteiger partial charge on any atom is 0.175 e. The van der Waals surface area contributed by atoms with E-state index in [0.717, 1.165) is 33.5 Å². The molecule has 4 nitrogen and oxygen atoms in total. The Bertz CT molecular complexity index is 948. The molecule has 3 aromatic carbocycles. The van der Waals surface area contributed by atoms with E-state index in [0.29, 0.717) is 24.7 Å². The molecule has 1 N–H and O–H groups in total. The molecule has 0 bridgehead atoms. The van der Waals surface area contributed by atoms with Crippen LogP contribution >= 0.6 is 28.3 Å². The summed E-state index contributed by atoms with van der Waals surface area (Å²) < 4.78 is 17.9. The van der Waals surface area contributed by atoms with Crippen LogP contribution in [0.15, 0.2) is 65.1 Å². The van der Waals surface area contributed by atoms with E-state index in [1.54, 1.807) is 14.2 Å². The Kier molecular flexibility index (Phi) is 9.50. The highest BCUT2D eigenvalue weighted by atomic mass is 79.9. The van der Waals surface area contributed by atoms with Crippen LogP contribution in [0.1, 0.15) is 22.3 Å². The van der Waals surface area contributed by atoms with Crippen molar-refractivity contribution in [3.63, 3.8) is 0 Å². The van der Waals surface area contributed by atoms with E-state index in [-0.39, 0.29) is 12.4 Å². The number of aryl methyl sites for hydroxylation is 1. The maximum atomic E-state index is 6.03. The molecule has 0 fully saturated rings. The quantitative estimate of drug-likeness (QED) is 0.394. The van der Waals surface area contributed by atoms with Crippen molar-refractivity contribution in [2.75, 3.05) is 14.2 Å². The molecule has 160 valence electrons. The largest absolute Gasteiger partial charge is 0.496 e. The summed E-state index contributed by atoms with van der Waals surface area (Å²) >= 11 is 3.63. The van der Waals surface area contributed by atoms with Gasteiger partial charge < -0.3 is 19.5 Å². The van der Waals surface area contributed by atoms with Crippen LogP contribution in [0.3, 0.4) is 0 Å². The second-order valence-corrected chi connectivity index (χ2v) is 7.65. The molecule has 0 aliphatic rings. The Hall–Kier alpha value is -2.21. The number of ether oxygens (including phenoxy) is 3. The second-order valence-electron chi connectivity index (χ2n) is 6.80. The minimum absolute atomic E-state index is 0. The third-order valence-electron chi connectivity index (χ3n) is 4.63. The summed E-state index contributed by atoms with van der Waals surface area (Å²) in [4.78, 5) is 0. The maximum absolute atomic E-state index is 6.03. The molecule has 30 heavy (non-hydrogen) atoms. The van der Waals surface area contributed by atoms with Crippen LogP contribution in [0, 0.1) is 6.92 Å². The zero-order valence-electron chi connectivity index (χ0n) is 17.4. The molecule has 3 rings (SSSR count). The van der Waals surface area contributed by atoms with E-state index in [1.165, 1.54) is 5.56 Å².